The van der Waals surface area contributed by atoms with Gasteiger partial charge in [0.05, 0.1) is 19.8 Å². The molecule has 334 valence electrons. The Kier molecular flexibility index (Phi) is 43.8. The lowest BCUT2D eigenvalue weighted by atomic mass is 10.1. The van der Waals surface area contributed by atoms with Crippen molar-refractivity contribution in [3.05, 3.63) is 0 Å². The molecule has 0 aromatic rings. The van der Waals surface area contributed by atoms with Gasteiger partial charge in [-0.05, 0) is 64.5 Å². The number of ether oxygens (including phenoxy) is 6. The van der Waals surface area contributed by atoms with E-state index < -0.39 is 0 Å². The van der Waals surface area contributed by atoms with Crippen LogP contribution in [0.2, 0.25) is 0 Å². The fourth-order valence-electron chi connectivity index (χ4n) is 6.42. The van der Waals surface area contributed by atoms with E-state index in [-0.39, 0.29) is 31.1 Å². The van der Waals surface area contributed by atoms with Crippen molar-refractivity contribution >= 4 is 11.9 Å². The van der Waals surface area contributed by atoms with Crippen LogP contribution in [0.4, 0.5) is 0 Å². The minimum atomic E-state index is -0.310. The number of aliphatic hydroxyl groups excluding tert-OH is 1. The molecule has 10 heteroatoms. The van der Waals surface area contributed by atoms with Gasteiger partial charge in [0.25, 0.3) is 0 Å². The molecule has 0 bridgehead atoms. The van der Waals surface area contributed by atoms with Gasteiger partial charge in [-0.2, -0.15) is 0 Å². The Morgan fingerprint density at radius 2 is 0.750 bits per heavy atom. The normalized spacial score (nSPS) is 11.7. The van der Waals surface area contributed by atoms with Crippen LogP contribution in [0.3, 0.4) is 0 Å². The number of esters is 2. The number of aliphatic hydroxyl groups is 1. The van der Waals surface area contributed by atoms with E-state index in [0.29, 0.717) is 71.9 Å². The molecule has 0 spiro atoms. The first-order valence-corrected chi connectivity index (χ1v) is 23.6. The summed E-state index contributed by atoms with van der Waals surface area (Å²) in [5, 5.41) is 9.57. The number of hydrogen-bond acceptors (Lipinski definition) is 10. The molecule has 56 heavy (non-hydrogen) atoms. The molecule has 0 aliphatic carbocycles. The van der Waals surface area contributed by atoms with Crippen molar-refractivity contribution in [2.24, 2.45) is 0 Å². The van der Waals surface area contributed by atoms with Gasteiger partial charge in [-0.3, -0.25) is 9.59 Å². The molecule has 0 saturated carbocycles. The molecule has 10 nitrogen and oxygen atoms in total. The van der Waals surface area contributed by atoms with Gasteiger partial charge in [0.2, 0.25) is 0 Å². The van der Waals surface area contributed by atoms with Crippen LogP contribution in [-0.2, 0) is 38.0 Å². The lowest BCUT2D eigenvalue weighted by molar-refractivity contribution is -0.162. The second-order valence-corrected chi connectivity index (χ2v) is 15.5. The van der Waals surface area contributed by atoms with E-state index in [2.05, 4.69) is 32.6 Å². The molecular formula is C46H91NO9. The largest absolute Gasteiger partial charge is 0.465 e. The highest BCUT2D eigenvalue weighted by atomic mass is 16.7. The Labute approximate surface area is 345 Å². The van der Waals surface area contributed by atoms with Crippen molar-refractivity contribution < 1.29 is 43.1 Å². The highest BCUT2D eigenvalue weighted by molar-refractivity contribution is 5.69. The van der Waals surface area contributed by atoms with Gasteiger partial charge in [0, 0.05) is 58.7 Å². The number of carbonyl (C=O) groups excluding carboxylic acids is 2. The minimum Gasteiger partial charge on any atom is -0.465 e. The molecule has 0 radical (unpaired) electrons. The Morgan fingerprint density at radius 3 is 1.16 bits per heavy atom. The highest BCUT2D eigenvalue weighted by Crippen LogP contribution is 2.13. The maximum absolute atomic E-state index is 12.5. The van der Waals surface area contributed by atoms with E-state index in [4.69, 9.17) is 28.4 Å². The molecule has 0 aromatic carbocycles. The summed E-state index contributed by atoms with van der Waals surface area (Å²) in [4.78, 5) is 27.0. The summed E-state index contributed by atoms with van der Waals surface area (Å²) in [7, 11) is 0. The standard InChI is InChI=1S/C46H91NO9/c1-5-9-13-15-20-27-39-55-46(56-40-28-21-16-14-10-6-2)32-42-52-44(50)30-24-22-26-34-47(35-36-48)33-25-19-17-18-23-29-43(49)51-41-31-45(53-37-11-7-3)54-38-12-8-4/h45-46,48H,5-42H2,1-4H3. The minimum absolute atomic E-state index is 0.144. The summed E-state index contributed by atoms with van der Waals surface area (Å²) in [5.74, 6) is -0.293. The van der Waals surface area contributed by atoms with Gasteiger partial charge in [0.1, 0.15) is 0 Å². The van der Waals surface area contributed by atoms with E-state index in [1.807, 2.05) is 0 Å². The number of unbranched alkanes of at least 4 members (excludes halogenated alkanes) is 18. The van der Waals surface area contributed by atoms with Crippen molar-refractivity contribution in [2.75, 3.05) is 65.9 Å². The van der Waals surface area contributed by atoms with Crippen molar-refractivity contribution in [3.8, 4) is 0 Å². The van der Waals surface area contributed by atoms with Gasteiger partial charge >= 0.3 is 11.9 Å². The zero-order valence-corrected chi connectivity index (χ0v) is 37.2. The van der Waals surface area contributed by atoms with E-state index in [1.165, 1.54) is 64.2 Å². The van der Waals surface area contributed by atoms with Crippen LogP contribution in [0.5, 0.6) is 0 Å². The molecule has 0 unspecified atom stereocenters. The molecule has 1 N–H and O–H groups in total. The fraction of sp³-hybridized carbons (Fsp3) is 0.957. The van der Waals surface area contributed by atoms with Crippen LogP contribution in [0, 0.1) is 0 Å². The predicted octanol–water partition coefficient (Wildman–Crippen LogP) is 11.1. The number of rotatable bonds is 46. The average Bonchev–Trinajstić information content (AvgIpc) is 3.19. The smallest absolute Gasteiger partial charge is 0.305 e. The first kappa shape index (κ1) is 54.7. The molecule has 0 saturated heterocycles. The third-order valence-electron chi connectivity index (χ3n) is 10.1. The third kappa shape index (κ3) is 39.5. The van der Waals surface area contributed by atoms with Crippen molar-refractivity contribution in [2.45, 2.75) is 220 Å². The van der Waals surface area contributed by atoms with Crippen LogP contribution >= 0.6 is 0 Å². The Bertz CT molecular complexity index is 790. The van der Waals surface area contributed by atoms with Gasteiger partial charge in [-0.25, -0.2) is 0 Å². The summed E-state index contributed by atoms with van der Waals surface area (Å²) in [6, 6.07) is 0. The topological polar surface area (TPSA) is 113 Å². The summed E-state index contributed by atoms with van der Waals surface area (Å²) >= 11 is 0. The van der Waals surface area contributed by atoms with E-state index in [9.17, 15) is 14.7 Å². The highest BCUT2D eigenvalue weighted by Gasteiger charge is 2.13. The number of hydrogen-bond donors (Lipinski definition) is 1. The Balaban J connectivity index is 4.11. The SMILES string of the molecule is CCCCCCCCOC(CCOC(=O)CCCCCN(CCO)CCCCCCCC(=O)OCCC(OCCCC)OCCCC)OCCCCCCCC. The second kappa shape index (κ2) is 44.8. The zero-order valence-electron chi connectivity index (χ0n) is 37.2. The molecular weight excluding hydrogens is 711 g/mol. The lowest BCUT2D eigenvalue weighted by Gasteiger charge is -2.21. The fourth-order valence-corrected chi connectivity index (χ4v) is 6.42. The Morgan fingerprint density at radius 1 is 0.411 bits per heavy atom. The molecule has 0 amide bonds. The first-order chi connectivity index (χ1) is 27.5. The van der Waals surface area contributed by atoms with E-state index >= 15 is 0 Å². The van der Waals surface area contributed by atoms with Crippen molar-refractivity contribution in [3.63, 3.8) is 0 Å². The van der Waals surface area contributed by atoms with Crippen molar-refractivity contribution in [1.29, 1.82) is 0 Å². The average molecular weight is 802 g/mol. The molecule has 0 atom stereocenters. The number of nitrogens with zero attached hydrogens (tertiary/aromatic N) is 1. The van der Waals surface area contributed by atoms with E-state index in [0.717, 1.165) is 103 Å². The van der Waals surface area contributed by atoms with Crippen LogP contribution < -0.4 is 0 Å². The zero-order chi connectivity index (χ0) is 41.0. The second-order valence-electron chi connectivity index (χ2n) is 15.5. The summed E-state index contributed by atoms with van der Waals surface area (Å²) in [6.07, 6.45) is 28.1. The summed E-state index contributed by atoms with van der Waals surface area (Å²) in [6.45, 7) is 14.8. The van der Waals surface area contributed by atoms with E-state index in [1.54, 1.807) is 0 Å². The van der Waals surface area contributed by atoms with Gasteiger partial charge in [0.15, 0.2) is 12.6 Å². The molecule has 0 rings (SSSR count). The van der Waals surface area contributed by atoms with Crippen LogP contribution in [0.1, 0.15) is 207 Å². The van der Waals surface area contributed by atoms with Crippen LogP contribution in [-0.4, -0.2) is 100 Å². The lowest BCUT2D eigenvalue weighted by Crippen LogP contribution is -2.29. The maximum atomic E-state index is 12.5. The van der Waals surface area contributed by atoms with Gasteiger partial charge in [-0.15, -0.1) is 0 Å². The monoisotopic (exact) mass is 802 g/mol. The summed E-state index contributed by atoms with van der Waals surface area (Å²) < 4.78 is 34.8. The van der Waals surface area contributed by atoms with Crippen molar-refractivity contribution in [1.82, 2.24) is 4.90 Å². The molecule has 0 aliphatic rings. The number of carbonyl (C=O) groups is 2. The quantitative estimate of drug-likeness (QED) is 0.0362. The first-order valence-electron chi connectivity index (χ1n) is 23.6. The summed E-state index contributed by atoms with van der Waals surface area (Å²) in [5.41, 5.74) is 0. The molecule has 0 aromatic heterocycles. The molecule has 0 fully saturated rings. The van der Waals surface area contributed by atoms with Gasteiger partial charge < -0.3 is 38.4 Å². The Hall–Kier alpha value is -1.30. The van der Waals surface area contributed by atoms with Crippen LogP contribution in [0.25, 0.3) is 0 Å². The predicted molar refractivity (Wildman–Crippen MR) is 229 cm³/mol. The van der Waals surface area contributed by atoms with Gasteiger partial charge in [-0.1, -0.05) is 130 Å². The molecule has 0 aliphatic heterocycles. The third-order valence-corrected chi connectivity index (χ3v) is 10.1. The maximum Gasteiger partial charge on any atom is 0.305 e. The van der Waals surface area contributed by atoms with Crippen LogP contribution in [0.15, 0.2) is 0 Å². The molecule has 0 heterocycles.